The molecule has 0 aliphatic heterocycles. The standard InChI is InChI=1S/C6H5BrF2N2O2S/c7-3-2-11-4(6(8)9)1-5(3)14(10,12)13/h1-2,6H,(H2,10,12,13). The van der Waals surface area contributed by atoms with Gasteiger partial charge in [0.25, 0.3) is 6.43 Å². The van der Waals surface area contributed by atoms with Crippen LogP contribution in [0.3, 0.4) is 0 Å². The van der Waals surface area contributed by atoms with Crippen molar-refractivity contribution in [3.8, 4) is 0 Å². The van der Waals surface area contributed by atoms with Gasteiger partial charge in [0, 0.05) is 6.20 Å². The SMILES string of the molecule is NS(=O)(=O)c1cc(C(F)F)ncc1Br. The highest BCUT2D eigenvalue weighted by molar-refractivity contribution is 9.10. The molecule has 8 heteroatoms. The normalized spacial score (nSPS) is 12.1. The predicted molar refractivity (Wildman–Crippen MR) is 48.3 cm³/mol. The largest absolute Gasteiger partial charge is 0.280 e. The van der Waals surface area contributed by atoms with Crippen molar-refractivity contribution in [2.45, 2.75) is 11.3 Å². The van der Waals surface area contributed by atoms with E-state index in [-0.39, 0.29) is 4.47 Å². The number of alkyl halides is 2. The Bertz CT molecular complexity index is 449. The highest BCUT2D eigenvalue weighted by atomic mass is 79.9. The van der Waals surface area contributed by atoms with Gasteiger partial charge in [0.1, 0.15) is 5.69 Å². The summed E-state index contributed by atoms with van der Waals surface area (Å²) in [5.74, 6) is 0. The van der Waals surface area contributed by atoms with Crippen LogP contribution in [-0.4, -0.2) is 13.4 Å². The molecule has 0 radical (unpaired) electrons. The molecule has 0 unspecified atom stereocenters. The zero-order valence-corrected chi connectivity index (χ0v) is 9.02. The lowest BCUT2D eigenvalue weighted by molar-refractivity contribution is 0.145. The van der Waals surface area contributed by atoms with E-state index in [9.17, 15) is 17.2 Å². The number of primary sulfonamides is 1. The van der Waals surface area contributed by atoms with E-state index in [1.54, 1.807) is 0 Å². The van der Waals surface area contributed by atoms with Gasteiger partial charge in [-0.3, -0.25) is 4.98 Å². The molecule has 78 valence electrons. The van der Waals surface area contributed by atoms with Gasteiger partial charge in [0.2, 0.25) is 10.0 Å². The fourth-order valence-corrected chi connectivity index (χ4v) is 2.28. The minimum Gasteiger partial charge on any atom is -0.254 e. The van der Waals surface area contributed by atoms with Crippen molar-refractivity contribution in [3.63, 3.8) is 0 Å². The van der Waals surface area contributed by atoms with Crippen LogP contribution in [0.2, 0.25) is 0 Å². The highest BCUT2D eigenvalue weighted by Crippen LogP contribution is 2.24. The molecule has 0 saturated carbocycles. The number of nitrogens with two attached hydrogens (primary N) is 1. The summed E-state index contributed by atoms with van der Waals surface area (Å²) in [4.78, 5) is 2.93. The predicted octanol–water partition coefficient (Wildman–Crippen LogP) is 1.43. The molecule has 1 rings (SSSR count). The molecule has 0 fully saturated rings. The molecule has 0 atom stereocenters. The fourth-order valence-electron chi connectivity index (χ4n) is 0.773. The first-order chi connectivity index (χ1) is 6.32. The van der Waals surface area contributed by atoms with E-state index in [1.165, 1.54) is 0 Å². The van der Waals surface area contributed by atoms with Gasteiger partial charge >= 0.3 is 0 Å². The van der Waals surface area contributed by atoms with E-state index in [0.29, 0.717) is 0 Å². The zero-order chi connectivity index (χ0) is 10.9. The van der Waals surface area contributed by atoms with Crippen molar-refractivity contribution in [2.24, 2.45) is 5.14 Å². The summed E-state index contributed by atoms with van der Waals surface area (Å²) in [6.07, 6.45) is -1.86. The summed E-state index contributed by atoms with van der Waals surface area (Å²) in [5.41, 5.74) is -0.628. The van der Waals surface area contributed by atoms with Crippen LogP contribution in [0.1, 0.15) is 12.1 Å². The minimum atomic E-state index is -4.01. The maximum atomic E-state index is 12.2. The van der Waals surface area contributed by atoms with Gasteiger partial charge in [-0.2, -0.15) is 0 Å². The molecule has 14 heavy (non-hydrogen) atoms. The van der Waals surface area contributed by atoms with Gasteiger partial charge in [-0.25, -0.2) is 22.3 Å². The molecule has 1 aromatic rings. The molecule has 0 amide bonds. The van der Waals surface area contributed by atoms with Crippen molar-refractivity contribution in [2.75, 3.05) is 0 Å². The van der Waals surface area contributed by atoms with Crippen LogP contribution < -0.4 is 5.14 Å². The van der Waals surface area contributed by atoms with Crippen LogP contribution in [0.25, 0.3) is 0 Å². The smallest absolute Gasteiger partial charge is 0.254 e. The average molecular weight is 287 g/mol. The second kappa shape index (κ2) is 3.87. The van der Waals surface area contributed by atoms with Crippen LogP contribution in [0, 0.1) is 0 Å². The number of pyridine rings is 1. The molecular formula is C6H5BrF2N2O2S. The Hall–Kier alpha value is -0.600. The Balaban J connectivity index is 3.37. The fraction of sp³-hybridized carbons (Fsp3) is 0.167. The topological polar surface area (TPSA) is 73.1 Å². The Morgan fingerprint density at radius 1 is 1.50 bits per heavy atom. The van der Waals surface area contributed by atoms with Gasteiger partial charge in [-0.1, -0.05) is 0 Å². The van der Waals surface area contributed by atoms with Crippen LogP contribution in [0.15, 0.2) is 21.6 Å². The van der Waals surface area contributed by atoms with Crippen molar-refractivity contribution in [1.82, 2.24) is 4.98 Å². The summed E-state index contributed by atoms with van der Waals surface area (Å²) in [7, 11) is -4.01. The number of hydrogen-bond donors (Lipinski definition) is 1. The number of rotatable bonds is 2. The van der Waals surface area contributed by atoms with Crippen molar-refractivity contribution in [3.05, 3.63) is 22.4 Å². The first-order valence-corrected chi connectivity index (χ1v) is 5.62. The molecule has 0 aromatic carbocycles. The number of hydrogen-bond acceptors (Lipinski definition) is 3. The van der Waals surface area contributed by atoms with Crippen molar-refractivity contribution < 1.29 is 17.2 Å². The number of nitrogens with zero attached hydrogens (tertiary/aromatic N) is 1. The molecule has 1 aromatic heterocycles. The quantitative estimate of drug-likeness (QED) is 0.894. The molecule has 0 aliphatic rings. The van der Waals surface area contributed by atoms with E-state index in [1.807, 2.05) is 0 Å². The van der Waals surface area contributed by atoms with E-state index in [0.717, 1.165) is 12.3 Å². The van der Waals surface area contributed by atoms with E-state index in [2.05, 4.69) is 20.9 Å². The molecule has 0 spiro atoms. The molecule has 0 aliphatic carbocycles. The van der Waals surface area contributed by atoms with Gasteiger partial charge in [-0.15, -0.1) is 0 Å². The first-order valence-electron chi connectivity index (χ1n) is 3.29. The first kappa shape index (κ1) is 11.5. The molecule has 4 nitrogen and oxygen atoms in total. The van der Waals surface area contributed by atoms with E-state index < -0.39 is 27.0 Å². The van der Waals surface area contributed by atoms with Gasteiger partial charge < -0.3 is 0 Å². The molecule has 0 bridgehead atoms. The van der Waals surface area contributed by atoms with Crippen molar-refractivity contribution in [1.29, 1.82) is 0 Å². The minimum absolute atomic E-state index is 0.0596. The lowest BCUT2D eigenvalue weighted by Gasteiger charge is -2.03. The number of halogens is 3. The Labute approximate surface area is 87.3 Å². The zero-order valence-electron chi connectivity index (χ0n) is 6.62. The summed E-state index contributed by atoms with van der Waals surface area (Å²) >= 11 is 2.85. The highest BCUT2D eigenvalue weighted by Gasteiger charge is 2.17. The van der Waals surface area contributed by atoms with E-state index in [4.69, 9.17) is 5.14 Å². The maximum absolute atomic E-state index is 12.2. The lowest BCUT2D eigenvalue weighted by atomic mass is 10.4. The third-order valence-corrected chi connectivity index (χ3v) is 3.22. The second-order valence-electron chi connectivity index (χ2n) is 2.39. The third kappa shape index (κ3) is 2.46. The molecule has 2 N–H and O–H groups in total. The number of sulfonamides is 1. The summed E-state index contributed by atoms with van der Waals surface area (Å²) in [5, 5.41) is 4.80. The van der Waals surface area contributed by atoms with Gasteiger partial charge in [-0.05, 0) is 22.0 Å². The molecular weight excluding hydrogens is 282 g/mol. The summed E-state index contributed by atoms with van der Waals surface area (Å²) < 4.78 is 46.2. The Morgan fingerprint density at radius 2 is 2.07 bits per heavy atom. The van der Waals surface area contributed by atoms with Crippen LogP contribution in [0.4, 0.5) is 8.78 Å². The van der Waals surface area contributed by atoms with Gasteiger partial charge in [0.15, 0.2) is 0 Å². The average Bonchev–Trinajstić information content (AvgIpc) is 2.02. The molecule has 1 heterocycles. The van der Waals surface area contributed by atoms with Crippen LogP contribution >= 0.6 is 15.9 Å². The Morgan fingerprint density at radius 3 is 2.50 bits per heavy atom. The van der Waals surface area contributed by atoms with Crippen molar-refractivity contribution >= 4 is 26.0 Å². The monoisotopic (exact) mass is 286 g/mol. The van der Waals surface area contributed by atoms with Crippen LogP contribution in [-0.2, 0) is 10.0 Å². The molecule has 0 saturated heterocycles. The van der Waals surface area contributed by atoms with Gasteiger partial charge in [0.05, 0.1) is 9.37 Å². The summed E-state index contributed by atoms with van der Waals surface area (Å²) in [6, 6.07) is 0.740. The maximum Gasteiger partial charge on any atom is 0.280 e. The van der Waals surface area contributed by atoms with E-state index >= 15 is 0 Å². The number of aromatic nitrogens is 1. The Kier molecular flexibility index (Phi) is 3.17. The summed E-state index contributed by atoms with van der Waals surface area (Å²) in [6.45, 7) is 0. The third-order valence-electron chi connectivity index (χ3n) is 1.37. The van der Waals surface area contributed by atoms with Crippen LogP contribution in [0.5, 0.6) is 0 Å². The lowest BCUT2D eigenvalue weighted by Crippen LogP contribution is -2.13. The second-order valence-corrected chi connectivity index (χ2v) is 4.77.